The second kappa shape index (κ2) is 8.98. The molecule has 0 fully saturated rings. The van der Waals surface area contributed by atoms with Crippen LogP contribution in [0.1, 0.15) is 11.1 Å². The Kier molecular flexibility index (Phi) is 6.66. The monoisotopic (exact) mass is 343 g/mol. The van der Waals surface area contributed by atoms with E-state index in [2.05, 4.69) is 9.97 Å². The minimum Gasteiger partial charge on any atom is -0.477 e. The summed E-state index contributed by atoms with van der Waals surface area (Å²) in [6.45, 7) is 0. The Morgan fingerprint density at radius 1 is 1.09 bits per heavy atom. The Balaban J connectivity index is 2.12. The number of nitriles is 1. The summed E-state index contributed by atoms with van der Waals surface area (Å²) >= 11 is 2.67. The van der Waals surface area contributed by atoms with Gasteiger partial charge in [0.15, 0.2) is 5.57 Å². The highest BCUT2D eigenvalue weighted by atomic mass is 32.2. The predicted octanol–water partition coefficient (Wildman–Crippen LogP) is 3.46. The Bertz CT molecular complexity index is 682. The van der Waals surface area contributed by atoms with Crippen LogP contribution in [0.25, 0.3) is 0 Å². The van der Waals surface area contributed by atoms with Gasteiger partial charge in [-0.2, -0.15) is 5.26 Å². The van der Waals surface area contributed by atoms with Crippen LogP contribution in [0.15, 0.2) is 58.9 Å². The maximum atomic E-state index is 11.3. The fraction of sp³-hybridized carbons (Fsp3) is 0.125. The van der Waals surface area contributed by atoms with Crippen molar-refractivity contribution in [3.05, 3.63) is 70.0 Å². The lowest BCUT2D eigenvalue weighted by Crippen LogP contribution is -2.00. The SMILES string of the molecule is N#CC(C(=O)O)=C(SCc1cccnc1)SCc1cccnc1. The Morgan fingerprint density at radius 2 is 1.61 bits per heavy atom. The molecule has 2 rings (SSSR count). The molecule has 116 valence electrons. The van der Waals surface area contributed by atoms with E-state index < -0.39 is 5.97 Å². The summed E-state index contributed by atoms with van der Waals surface area (Å²) in [5.74, 6) is -0.0940. The molecule has 0 amide bonds. The summed E-state index contributed by atoms with van der Waals surface area (Å²) in [6, 6.07) is 9.25. The van der Waals surface area contributed by atoms with Crippen molar-refractivity contribution >= 4 is 29.5 Å². The van der Waals surface area contributed by atoms with Gasteiger partial charge in [-0.3, -0.25) is 9.97 Å². The summed E-state index contributed by atoms with van der Waals surface area (Å²) in [6.07, 6.45) is 6.81. The van der Waals surface area contributed by atoms with Crippen LogP contribution in [0.5, 0.6) is 0 Å². The van der Waals surface area contributed by atoms with Gasteiger partial charge in [-0.05, 0) is 23.3 Å². The standard InChI is InChI=1S/C16H13N3O2S2/c17-7-14(15(20)21)16(22-10-12-3-1-5-18-8-12)23-11-13-4-2-6-19-9-13/h1-6,8-9H,10-11H2,(H,20,21). The van der Waals surface area contributed by atoms with E-state index in [0.717, 1.165) is 11.1 Å². The number of pyridine rings is 2. The summed E-state index contributed by atoms with van der Waals surface area (Å²) in [4.78, 5) is 19.3. The molecule has 0 aromatic carbocycles. The molecule has 23 heavy (non-hydrogen) atoms. The van der Waals surface area contributed by atoms with Crippen LogP contribution in [0.2, 0.25) is 0 Å². The van der Waals surface area contributed by atoms with Crippen LogP contribution < -0.4 is 0 Å². The average molecular weight is 343 g/mol. The lowest BCUT2D eigenvalue weighted by Gasteiger charge is -2.08. The van der Waals surface area contributed by atoms with Gasteiger partial charge >= 0.3 is 5.97 Å². The van der Waals surface area contributed by atoms with E-state index in [0.29, 0.717) is 15.7 Å². The first-order valence-electron chi connectivity index (χ1n) is 6.61. The van der Waals surface area contributed by atoms with Crippen molar-refractivity contribution in [2.45, 2.75) is 11.5 Å². The normalized spacial score (nSPS) is 9.87. The van der Waals surface area contributed by atoms with E-state index >= 15 is 0 Å². The highest BCUT2D eigenvalue weighted by Crippen LogP contribution is 2.36. The van der Waals surface area contributed by atoms with Crippen molar-refractivity contribution in [2.24, 2.45) is 0 Å². The third-order valence-electron chi connectivity index (χ3n) is 2.72. The van der Waals surface area contributed by atoms with E-state index in [4.69, 9.17) is 5.26 Å². The Hall–Kier alpha value is -2.30. The molecule has 0 unspecified atom stereocenters. The molecular formula is C16H13N3O2S2. The number of carboxylic acid groups (broad SMARTS) is 1. The van der Waals surface area contributed by atoms with Crippen molar-refractivity contribution in [2.75, 3.05) is 0 Å². The fourth-order valence-electron chi connectivity index (χ4n) is 1.63. The van der Waals surface area contributed by atoms with Crippen LogP contribution in [0.3, 0.4) is 0 Å². The van der Waals surface area contributed by atoms with Crippen molar-refractivity contribution in [3.8, 4) is 6.07 Å². The number of thioether (sulfide) groups is 2. The zero-order chi connectivity index (χ0) is 16.5. The third kappa shape index (κ3) is 5.43. The molecule has 2 aromatic rings. The molecule has 0 atom stereocenters. The van der Waals surface area contributed by atoms with E-state index in [1.807, 2.05) is 24.3 Å². The van der Waals surface area contributed by atoms with Crippen LogP contribution in [-0.2, 0) is 16.3 Å². The first-order valence-corrected chi connectivity index (χ1v) is 8.59. The van der Waals surface area contributed by atoms with Gasteiger partial charge in [0.2, 0.25) is 0 Å². The van der Waals surface area contributed by atoms with Crippen LogP contribution in [-0.4, -0.2) is 21.0 Å². The summed E-state index contributed by atoms with van der Waals surface area (Å²) in [5, 5.41) is 18.3. The largest absolute Gasteiger partial charge is 0.477 e. The van der Waals surface area contributed by atoms with Gasteiger partial charge in [0.1, 0.15) is 6.07 Å². The lowest BCUT2D eigenvalue weighted by molar-refractivity contribution is -0.132. The second-order valence-electron chi connectivity index (χ2n) is 4.38. The number of carboxylic acids is 1. The fourth-order valence-corrected chi connectivity index (χ4v) is 3.81. The molecule has 5 nitrogen and oxygen atoms in total. The predicted molar refractivity (Wildman–Crippen MR) is 91.3 cm³/mol. The number of carbonyl (C=O) groups is 1. The number of aliphatic carboxylic acids is 1. The van der Waals surface area contributed by atoms with Crippen LogP contribution in [0, 0.1) is 11.3 Å². The topological polar surface area (TPSA) is 86.9 Å². The molecule has 7 heteroatoms. The third-order valence-corrected chi connectivity index (χ3v) is 5.31. The van der Waals surface area contributed by atoms with Crippen LogP contribution >= 0.6 is 23.5 Å². The number of rotatable bonds is 7. The van der Waals surface area contributed by atoms with Crippen LogP contribution in [0.4, 0.5) is 0 Å². The number of nitrogens with zero attached hydrogens (tertiary/aromatic N) is 3. The molecule has 0 saturated carbocycles. The van der Waals surface area contributed by atoms with E-state index in [9.17, 15) is 9.90 Å². The number of hydrogen-bond acceptors (Lipinski definition) is 6. The van der Waals surface area contributed by atoms with Crippen molar-refractivity contribution in [1.82, 2.24) is 9.97 Å². The van der Waals surface area contributed by atoms with E-state index in [1.165, 1.54) is 23.5 Å². The molecular weight excluding hydrogens is 330 g/mol. The molecule has 2 heterocycles. The second-order valence-corrected chi connectivity index (χ2v) is 6.61. The molecule has 0 aliphatic rings. The highest BCUT2D eigenvalue weighted by molar-refractivity contribution is 8.21. The first-order chi connectivity index (χ1) is 11.2. The Morgan fingerprint density at radius 3 is 1.96 bits per heavy atom. The maximum absolute atomic E-state index is 11.3. The van der Waals surface area contributed by atoms with Gasteiger partial charge in [-0.15, -0.1) is 23.5 Å². The molecule has 0 radical (unpaired) electrons. The van der Waals surface area contributed by atoms with Gasteiger partial charge in [0, 0.05) is 36.3 Å². The van der Waals surface area contributed by atoms with Gasteiger partial charge < -0.3 is 5.11 Å². The number of aromatic nitrogens is 2. The van der Waals surface area contributed by atoms with Crippen molar-refractivity contribution < 1.29 is 9.90 Å². The molecule has 0 spiro atoms. The molecule has 0 saturated heterocycles. The first kappa shape index (κ1) is 17.1. The molecule has 2 aromatic heterocycles. The zero-order valence-electron chi connectivity index (χ0n) is 12.0. The average Bonchev–Trinajstić information content (AvgIpc) is 2.59. The Labute approximate surface area is 142 Å². The summed E-state index contributed by atoms with van der Waals surface area (Å²) < 4.78 is 0.493. The van der Waals surface area contributed by atoms with Gasteiger partial charge in [-0.25, -0.2) is 4.79 Å². The summed E-state index contributed by atoms with van der Waals surface area (Å²) in [7, 11) is 0. The quantitative estimate of drug-likeness (QED) is 0.608. The molecule has 0 aliphatic heterocycles. The zero-order valence-corrected chi connectivity index (χ0v) is 13.7. The molecule has 1 N–H and O–H groups in total. The number of hydrogen-bond donors (Lipinski definition) is 1. The molecule has 0 aliphatic carbocycles. The minimum absolute atomic E-state index is 0.229. The lowest BCUT2D eigenvalue weighted by atomic mass is 10.3. The van der Waals surface area contributed by atoms with E-state index in [1.54, 1.807) is 30.9 Å². The van der Waals surface area contributed by atoms with Crippen molar-refractivity contribution in [1.29, 1.82) is 5.26 Å². The van der Waals surface area contributed by atoms with E-state index in [-0.39, 0.29) is 5.57 Å². The van der Waals surface area contributed by atoms with Gasteiger partial charge in [0.25, 0.3) is 0 Å². The minimum atomic E-state index is -1.21. The maximum Gasteiger partial charge on any atom is 0.348 e. The highest BCUT2D eigenvalue weighted by Gasteiger charge is 2.16. The van der Waals surface area contributed by atoms with Gasteiger partial charge in [-0.1, -0.05) is 12.1 Å². The summed E-state index contributed by atoms with van der Waals surface area (Å²) in [5.41, 5.74) is 1.71. The van der Waals surface area contributed by atoms with Crippen molar-refractivity contribution in [3.63, 3.8) is 0 Å². The smallest absolute Gasteiger partial charge is 0.348 e. The molecule has 0 bridgehead atoms. The van der Waals surface area contributed by atoms with Gasteiger partial charge in [0.05, 0.1) is 4.24 Å².